The average Bonchev–Trinajstić information content (AvgIpc) is 3.14. The normalized spacial score (nSPS) is 16.2. The van der Waals surface area contributed by atoms with Crippen LogP contribution in [-0.4, -0.2) is 36.3 Å². The Labute approximate surface area is 197 Å². The zero-order valence-electron chi connectivity index (χ0n) is 18.1. The van der Waals surface area contributed by atoms with Crippen LogP contribution in [0, 0.1) is 0 Å². The molecular formula is C23H26ClN3O3S2. The third kappa shape index (κ3) is 4.55. The minimum atomic E-state index is -3.60. The second-order valence-electron chi connectivity index (χ2n) is 8.00. The number of amides is 1. The monoisotopic (exact) mass is 491 g/mol. The fourth-order valence-corrected chi connectivity index (χ4v) is 6.95. The van der Waals surface area contributed by atoms with Gasteiger partial charge in [-0.05, 0) is 62.2 Å². The van der Waals surface area contributed by atoms with Crippen molar-refractivity contribution in [3.63, 3.8) is 0 Å². The van der Waals surface area contributed by atoms with Crippen molar-refractivity contribution in [2.75, 3.05) is 7.05 Å². The molecule has 0 bridgehead atoms. The van der Waals surface area contributed by atoms with Crippen LogP contribution >= 0.6 is 22.9 Å². The predicted octanol–water partition coefficient (Wildman–Crippen LogP) is 5.07. The number of thiazole rings is 1. The number of hydrogen-bond acceptors (Lipinski definition) is 4. The Bertz CT molecular complexity index is 1300. The molecule has 1 heterocycles. The van der Waals surface area contributed by atoms with Crippen molar-refractivity contribution in [2.24, 2.45) is 4.99 Å². The molecule has 6 nitrogen and oxygen atoms in total. The molecule has 4 rings (SSSR count). The van der Waals surface area contributed by atoms with Gasteiger partial charge in [0, 0.05) is 30.2 Å². The highest BCUT2D eigenvalue weighted by Crippen LogP contribution is 2.27. The summed E-state index contributed by atoms with van der Waals surface area (Å²) in [7, 11) is -1.95. The van der Waals surface area contributed by atoms with Gasteiger partial charge in [-0.3, -0.25) is 4.79 Å². The van der Waals surface area contributed by atoms with Gasteiger partial charge >= 0.3 is 0 Å². The second kappa shape index (κ2) is 9.47. The van der Waals surface area contributed by atoms with E-state index in [1.165, 1.54) is 39.9 Å². The number of aryl methyl sites for hydroxylation is 1. The van der Waals surface area contributed by atoms with E-state index in [-0.39, 0.29) is 10.9 Å². The lowest BCUT2D eigenvalue weighted by molar-refractivity contribution is 0.0997. The molecule has 3 aromatic rings. The van der Waals surface area contributed by atoms with Crippen molar-refractivity contribution < 1.29 is 13.2 Å². The van der Waals surface area contributed by atoms with Crippen LogP contribution in [0.1, 0.15) is 49.4 Å². The van der Waals surface area contributed by atoms with Crippen LogP contribution in [0.2, 0.25) is 5.02 Å². The zero-order chi connectivity index (χ0) is 22.9. The van der Waals surface area contributed by atoms with Gasteiger partial charge in [0.1, 0.15) is 0 Å². The summed E-state index contributed by atoms with van der Waals surface area (Å²) in [5, 5.41) is 0.634. The topological polar surface area (TPSA) is 71.7 Å². The second-order valence-corrected chi connectivity index (χ2v) is 11.4. The van der Waals surface area contributed by atoms with Crippen LogP contribution in [0.4, 0.5) is 0 Å². The third-order valence-electron chi connectivity index (χ3n) is 6.03. The molecule has 170 valence electrons. The van der Waals surface area contributed by atoms with Crippen molar-refractivity contribution in [1.29, 1.82) is 0 Å². The zero-order valence-corrected chi connectivity index (χ0v) is 20.5. The van der Waals surface area contributed by atoms with Crippen molar-refractivity contribution in [3.8, 4) is 0 Å². The lowest BCUT2D eigenvalue weighted by atomic mass is 9.96. The first-order valence-electron chi connectivity index (χ1n) is 10.8. The van der Waals surface area contributed by atoms with E-state index in [0.717, 1.165) is 42.3 Å². The summed E-state index contributed by atoms with van der Waals surface area (Å²) in [4.78, 5) is 17.9. The number of nitrogens with zero attached hydrogens (tertiary/aromatic N) is 3. The molecule has 1 aromatic heterocycles. The van der Waals surface area contributed by atoms with Gasteiger partial charge < -0.3 is 4.57 Å². The van der Waals surface area contributed by atoms with Crippen molar-refractivity contribution in [3.05, 3.63) is 57.9 Å². The summed E-state index contributed by atoms with van der Waals surface area (Å²) in [5.74, 6) is -0.408. The average molecular weight is 492 g/mol. The van der Waals surface area contributed by atoms with E-state index in [9.17, 15) is 13.2 Å². The first-order valence-corrected chi connectivity index (χ1v) is 13.4. The smallest absolute Gasteiger partial charge is 0.279 e. The number of carbonyl (C=O) groups is 1. The van der Waals surface area contributed by atoms with Gasteiger partial charge in [0.25, 0.3) is 5.91 Å². The Balaban J connectivity index is 1.60. The van der Waals surface area contributed by atoms with Crippen LogP contribution < -0.4 is 4.80 Å². The summed E-state index contributed by atoms with van der Waals surface area (Å²) in [6.07, 6.45) is 5.06. The SMILES string of the molecule is CCn1c(=NC(=O)c2ccc(S(=O)(=O)N(C)C3CCCCC3)cc2)sc2cc(Cl)ccc21. The minimum absolute atomic E-state index is 0.0380. The highest BCUT2D eigenvalue weighted by atomic mass is 35.5. The number of aromatic nitrogens is 1. The van der Waals surface area contributed by atoms with E-state index < -0.39 is 15.9 Å². The summed E-state index contributed by atoms with van der Waals surface area (Å²) >= 11 is 7.50. The van der Waals surface area contributed by atoms with Crippen molar-refractivity contribution >= 4 is 49.1 Å². The van der Waals surface area contributed by atoms with Crippen LogP contribution in [-0.2, 0) is 16.6 Å². The highest BCUT2D eigenvalue weighted by Gasteiger charge is 2.29. The van der Waals surface area contributed by atoms with Crippen LogP contribution in [0.5, 0.6) is 0 Å². The van der Waals surface area contributed by atoms with E-state index in [0.29, 0.717) is 21.9 Å². The largest absolute Gasteiger partial charge is 0.317 e. The van der Waals surface area contributed by atoms with Crippen LogP contribution in [0.15, 0.2) is 52.4 Å². The standard InChI is InChI=1S/C23H26ClN3O3S2/c1-3-27-20-14-11-17(24)15-21(20)31-23(27)25-22(28)16-9-12-19(13-10-16)32(29,30)26(2)18-7-5-4-6-8-18/h9-15,18H,3-8H2,1-2H3. The Hall–Kier alpha value is -2.00. The molecule has 0 N–H and O–H groups in total. The summed E-state index contributed by atoms with van der Waals surface area (Å²) < 4.78 is 30.4. The quantitative estimate of drug-likeness (QED) is 0.500. The number of sulfonamides is 1. The fraction of sp³-hybridized carbons (Fsp3) is 0.391. The van der Waals surface area contributed by atoms with Crippen LogP contribution in [0.3, 0.4) is 0 Å². The molecule has 9 heteroatoms. The van der Waals surface area contributed by atoms with E-state index in [2.05, 4.69) is 4.99 Å². The summed E-state index contributed by atoms with van der Waals surface area (Å²) in [6, 6.07) is 11.7. The molecule has 0 aliphatic heterocycles. The van der Waals surface area contributed by atoms with Gasteiger partial charge in [-0.1, -0.05) is 42.2 Å². The van der Waals surface area contributed by atoms with Gasteiger partial charge in [-0.25, -0.2) is 8.42 Å². The Kier molecular flexibility index (Phi) is 6.86. The molecule has 1 fully saturated rings. The van der Waals surface area contributed by atoms with E-state index in [1.807, 2.05) is 29.7 Å². The molecule has 1 saturated carbocycles. The molecule has 0 radical (unpaired) electrons. The number of carbonyl (C=O) groups excluding carboxylic acids is 1. The predicted molar refractivity (Wildman–Crippen MR) is 129 cm³/mol. The summed E-state index contributed by atoms with van der Waals surface area (Å²) in [6.45, 7) is 2.66. The molecule has 0 saturated heterocycles. The molecule has 32 heavy (non-hydrogen) atoms. The first-order chi connectivity index (χ1) is 15.3. The van der Waals surface area contributed by atoms with Gasteiger partial charge in [-0.15, -0.1) is 0 Å². The molecule has 2 aromatic carbocycles. The first kappa shape index (κ1) is 23.2. The molecule has 1 aliphatic rings. The Morgan fingerprint density at radius 1 is 1.16 bits per heavy atom. The lowest BCUT2D eigenvalue weighted by Gasteiger charge is -2.30. The Morgan fingerprint density at radius 3 is 2.50 bits per heavy atom. The van der Waals surface area contributed by atoms with E-state index in [1.54, 1.807) is 7.05 Å². The van der Waals surface area contributed by atoms with Gasteiger partial charge in [-0.2, -0.15) is 9.30 Å². The maximum Gasteiger partial charge on any atom is 0.279 e. The molecular weight excluding hydrogens is 466 g/mol. The number of fused-ring (bicyclic) bond motifs is 1. The maximum absolute atomic E-state index is 13.0. The van der Waals surface area contributed by atoms with Gasteiger partial charge in [0.2, 0.25) is 10.0 Å². The maximum atomic E-state index is 13.0. The van der Waals surface area contributed by atoms with Crippen molar-refractivity contribution in [2.45, 2.75) is 56.5 Å². The molecule has 0 atom stereocenters. The van der Waals surface area contributed by atoms with Crippen LogP contribution in [0.25, 0.3) is 10.2 Å². The van der Waals surface area contributed by atoms with E-state index >= 15 is 0 Å². The lowest BCUT2D eigenvalue weighted by Crippen LogP contribution is -2.38. The van der Waals surface area contributed by atoms with Gasteiger partial charge in [0.05, 0.1) is 15.1 Å². The molecule has 0 spiro atoms. The molecule has 1 amide bonds. The highest BCUT2D eigenvalue weighted by molar-refractivity contribution is 7.89. The number of halogens is 1. The number of rotatable bonds is 5. The van der Waals surface area contributed by atoms with Gasteiger partial charge in [0.15, 0.2) is 4.80 Å². The Morgan fingerprint density at radius 2 is 1.84 bits per heavy atom. The summed E-state index contributed by atoms with van der Waals surface area (Å²) in [5.41, 5.74) is 1.32. The number of hydrogen-bond donors (Lipinski definition) is 0. The minimum Gasteiger partial charge on any atom is -0.317 e. The molecule has 1 aliphatic carbocycles. The fourth-order valence-electron chi connectivity index (χ4n) is 4.17. The van der Waals surface area contributed by atoms with Crippen molar-refractivity contribution in [1.82, 2.24) is 8.87 Å². The third-order valence-corrected chi connectivity index (χ3v) is 9.23. The molecule has 0 unspecified atom stereocenters. The number of benzene rings is 2. The van der Waals surface area contributed by atoms with E-state index in [4.69, 9.17) is 11.6 Å².